The minimum Gasteiger partial charge on any atom is -0.303 e. The van der Waals surface area contributed by atoms with Gasteiger partial charge in [-0.2, -0.15) is 5.26 Å². The van der Waals surface area contributed by atoms with Crippen LogP contribution in [0.25, 0.3) is 0 Å². The van der Waals surface area contributed by atoms with Crippen molar-refractivity contribution in [2.45, 2.75) is 30.1 Å². The molecular formula is C28H28N2OS. The zero-order chi connectivity index (χ0) is 22.4. The Hall–Kier alpha value is -2.87. The lowest BCUT2D eigenvalue weighted by Gasteiger charge is -2.41. The molecule has 1 heterocycles. The van der Waals surface area contributed by atoms with Gasteiger partial charge in [0, 0.05) is 6.54 Å². The van der Waals surface area contributed by atoms with Crippen molar-refractivity contribution in [1.82, 2.24) is 4.90 Å². The van der Waals surface area contributed by atoms with E-state index in [1.165, 1.54) is 0 Å². The van der Waals surface area contributed by atoms with Crippen LogP contribution in [0.2, 0.25) is 0 Å². The molecule has 0 spiro atoms. The molecule has 1 fully saturated rings. The van der Waals surface area contributed by atoms with Crippen molar-refractivity contribution < 1.29 is 4.79 Å². The maximum atomic E-state index is 12.6. The SMILES string of the molecule is N#CC(CCN1CCC(C(=O)S)(c2ccccc2)CC1)(c1ccccc1)c1ccccc1. The number of likely N-dealkylation sites (tertiary alicyclic amines) is 1. The molecule has 4 heteroatoms. The Morgan fingerprint density at radius 2 is 1.34 bits per heavy atom. The maximum absolute atomic E-state index is 12.6. The van der Waals surface area contributed by atoms with E-state index < -0.39 is 10.8 Å². The molecule has 3 nitrogen and oxygen atoms in total. The molecule has 162 valence electrons. The van der Waals surface area contributed by atoms with Crippen molar-refractivity contribution >= 4 is 17.7 Å². The second-order valence-electron chi connectivity index (χ2n) is 8.59. The van der Waals surface area contributed by atoms with Crippen LogP contribution >= 0.6 is 12.6 Å². The molecule has 1 aliphatic heterocycles. The van der Waals surface area contributed by atoms with E-state index in [-0.39, 0.29) is 5.12 Å². The van der Waals surface area contributed by atoms with Crippen molar-refractivity contribution in [3.05, 3.63) is 108 Å². The number of piperidine rings is 1. The molecular weight excluding hydrogens is 412 g/mol. The van der Waals surface area contributed by atoms with Crippen LogP contribution in [-0.2, 0) is 15.6 Å². The molecule has 32 heavy (non-hydrogen) atoms. The Morgan fingerprint density at radius 3 is 1.78 bits per heavy atom. The molecule has 0 atom stereocenters. The number of rotatable bonds is 7. The van der Waals surface area contributed by atoms with E-state index in [4.69, 9.17) is 0 Å². The average Bonchev–Trinajstić information content (AvgIpc) is 2.87. The smallest absolute Gasteiger partial charge is 0.196 e. The Labute approximate surface area is 196 Å². The Kier molecular flexibility index (Phi) is 6.79. The van der Waals surface area contributed by atoms with E-state index in [0.717, 1.165) is 49.2 Å². The molecule has 1 aliphatic rings. The van der Waals surface area contributed by atoms with Gasteiger partial charge in [-0.25, -0.2) is 0 Å². The zero-order valence-electron chi connectivity index (χ0n) is 18.2. The molecule has 0 aliphatic carbocycles. The Morgan fingerprint density at radius 1 is 0.875 bits per heavy atom. The largest absolute Gasteiger partial charge is 0.303 e. The summed E-state index contributed by atoms with van der Waals surface area (Å²) < 4.78 is 0. The first kappa shape index (κ1) is 22.3. The topological polar surface area (TPSA) is 44.1 Å². The van der Waals surface area contributed by atoms with Gasteiger partial charge < -0.3 is 4.90 Å². The summed E-state index contributed by atoms with van der Waals surface area (Å²) in [6.45, 7) is 2.42. The lowest BCUT2D eigenvalue weighted by molar-refractivity contribution is -0.117. The van der Waals surface area contributed by atoms with Crippen LogP contribution in [0.1, 0.15) is 36.0 Å². The van der Waals surface area contributed by atoms with Crippen molar-refractivity contribution in [2.75, 3.05) is 19.6 Å². The fourth-order valence-electron chi connectivity index (χ4n) is 4.95. The number of benzene rings is 3. The summed E-state index contributed by atoms with van der Waals surface area (Å²) in [6, 6.07) is 32.8. The number of thiol groups is 1. The standard InChI is InChI=1S/C28H28N2OS/c29-22-28(24-12-6-2-7-13-24,25-14-8-3-9-15-25)18-21-30-19-16-27(17-20-30,26(31)32)23-10-4-1-5-11-23/h1-15H,16-21H2,(H,31,32). The van der Waals surface area contributed by atoms with Crippen molar-refractivity contribution in [2.24, 2.45) is 0 Å². The van der Waals surface area contributed by atoms with Gasteiger partial charge in [-0.05, 0) is 49.0 Å². The van der Waals surface area contributed by atoms with Gasteiger partial charge in [0.1, 0.15) is 5.41 Å². The molecule has 3 aromatic rings. The predicted octanol–water partition coefficient (Wildman–Crippen LogP) is 5.38. The fourth-order valence-corrected chi connectivity index (χ4v) is 5.31. The number of hydrogen-bond donors (Lipinski definition) is 1. The monoisotopic (exact) mass is 440 g/mol. The first-order valence-corrected chi connectivity index (χ1v) is 11.6. The summed E-state index contributed by atoms with van der Waals surface area (Å²) >= 11 is 4.28. The van der Waals surface area contributed by atoms with Gasteiger partial charge in [0.25, 0.3) is 0 Å². The fraction of sp³-hybridized carbons (Fsp3) is 0.286. The Balaban J connectivity index is 1.53. The highest BCUT2D eigenvalue weighted by atomic mass is 32.1. The van der Waals surface area contributed by atoms with Gasteiger partial charge in [0.05, 0.1) is 11.5 Å². The second-order valence-corrected chi connectivity index (χ2v) is 9.00. The molecule has 3 aromatic carbocycles. The van der Waals surface area contributed by atoms with Gasteiger partial charge >= 0.3 is 0 Å². The van der Waals surface area contributed by atoms with Crippen LogP contribution in [0.15, 0.2) is 91.0 Å². The molecule has 0 N–H and O–H groups in total. The lowest BCUT2D eigenvalue weighted by Crippen LogP contribution is -2.47. The highest BCUT2D eigenvalue weighted by Crippen LogP contribution is 2.39. The Bertz CT molecular complexity index is 1030. The van der Waals surface area contributed by atoms with E-state index in [1.807, 2.05) is 91.0 Å². The highest BCUT2D eigenvalue weighted by Gasteiger charge is 2.42. The van der Waals surface area contributed by atoms with Gasteiger partial charge in [-0.1, -0.05) is 91.0 Å². The van der Waals surface area contributed by atoms with E-state index in [1.54, 1.807) is 0 Å². The van der Waals surface area contributed by atoms with Crippen LogP contribution in [0, 0.1) is 11.3 Å². The van der Waals surface area contributed by atoms with Crippen molar-refractivity contribution in [3.63, 3.8) is 0 Å². The van der Waals surface area contributed by atoms with Crippen LogP contribution in [0.4, 0.5) is 0 Å². The highest BCUT2D eigenvalue weighted by molar-refractivity contribution is 7.96. The molecule has 0 unspecified atom stereocenters. The van der Waals surface area contributed by atoms with Crippen molar-refractivity contribution in [3.8, 4) is 6.07 Å². The first-order valence-electron chi connectivity index (χ1n) is 11.1. The zero-order valence-corrected chi connectivity index (χ0v) is 19.0. The lowest BCUT2D eigenvalue weighted by atomic mass is 9.72. The average molecular weight is 441 g/mol. The third-order valence-corrected chi connectivity index (χ3v) is 7.40. The number of nitrogens with zero attached hydrogens (tertiary/aromatic N) is 2. The maximum Gasteiger partial charge on any atom is 0.196 e. The normalized spacial score (nSPS) is 16.2. The third kappa shape index (κ3) is 4.24. The van der Waals surface area contributed by atoms with Gasteiger partial charge in [0.15, 0.2) is 5.12 Å². The summed E-state index contributed by atoms with van der Waals surface area (Å²) in [6.07, 6.45) is 2.19. The first-order chi connectivity index (χ1) is 15.6. The molecule has 0 aromatic heterocycles. The quantitative estimate of drug-likeness (QED) is 0.502. The minimum atomic E-state index is -0.699. The second kappa shape index (κ2) is 9.73. The van der Waals surface area contributed by atoms with E-state index in [0.29, 0.717) is 6.42 Å². The number of nitriles is 1. The molecule has 1 saturated heterocycles. The van der Waals surface area contributed by atoms with Crippen LogP contribution in [0.3, 0.4) is 0 Å². The van der Waals surface area contributed by atoms with Crippen molar-refractivity contribution in [1.29, 1.82) is 5.26 Å². The summed E-state index contributed by atoms with van der Waals surface area (Å²) in [5.74, 6) is 0. The predicted molar refractivity (Wildman–Crippen MR) is 132 cm³/mol. The summed E-state index contributed by atoms with van der Waals surface area (Å²) in [5, 5.41) is 10.3. The molecule has 0 bridgehead atoms. The van der Waals surface area contributed by atoms with E-state index >= 15 is 0 Å². The molecule has 0 amide bonds. The van der Waals surface area contributed by atoms with E-state index in [9.17, 15) is 10.1 Å². The summed E-state index contributed by atoms with van der Waals surface area (Å²) in [5.41, 5.74) is 1.88. The van der Waals surface area contributed by atoms with E-state index in [2.05, 4.69) is 23.6 Å². The van der Waals surface area contributed by atoms with Crippen LogP contribution < -0.4 is 0 Å². The van der Waals surface area contributed by atoms with Gasteiger partial charge in [-0.3, -0.25) is 4.79 Å². The minimum absolute atomic E-state index is 0.0525. The molecule has 4 rings (SSSR count). The van der Waals surface area contributed by atoms with Gasteiger partial charge in [0.2, 0.25) is 0 Å². The summed E-state index contributed by atoms with van der Waals surface area (Å²) in [7, 11) is 0. The number of carbonyl (C=O) groups is 1. The molecule has 0 radical (unpaired) electrons. The van der Waals surface area contributed by atoms with Gasteiger partial charge in [-0.15, -0.1) is 12.6 Å². The van der Waals surface area contributed by atoms with Crippen LogP contribution in [0.5, 0.6) is 0 Å². The third-order valence-electron chi connectivity index (χ3n) is 6.97. The van der Waals surface area contributed by atoms with Crippen LogP contribution in [-0.4, -0.2) is 29.6 Å². The summed E-state index contributed by atoms with van der Waals surface area (Å²) in [4.78, 5) is 14.9. The number of hydrogen-bond acceptors (Lipinski definition) is 3. The molecule has 0 saturated carbocycles. The number of carbonyl (C=O) groups excluding carboxylic acids is 1.